The fourth-order valence-electron chi connectivity index (χ4n) is 2.74. The first-order valence-corrected chi connectivity index (χ1v) is 8.70. The maximum Gasteiger partial charge on any atom is 0.497 e. The molecule has 1 aliphatic rings. The molecule has 2 aromatic carbocycles. The molecular formula is C20H22BFO5. The normalized spacial score (nSPS) is 17.7. The lowest BCUT2D eigenvalue weighted by molar-refractivity contribution is 0.00578. The van der Waals surface area contributed by atoms with Crippen LogP contribution in [0.3, 0.4) is 0 Å². The van der Waals surface area contributed by atoms with E-state index in [2.05, 4.69) is 0 Å². The van der Waals surface area contributed by atoms with Crippen LogP contribution in [0.5, 0.6) is 5.75 Å². The van der Waals surface area contributed by atoms with Crippen LogP contribution in [0.2, 0.25) is 0 Å². The molecule has 2 aromatic rings. The Kier molecular flexibility index (Phi) is 5.01. The summed E-state index contributed by atoms with van der Waals surface area (Å²) in [5.41, 5.74) is -0.564. The molecular weight excluding hydrogens is 350 g/mol. The van der Waals surface area contributed by atoms with Crippen molar-refractivity contribution in [3.63, 3.8) is 0 Å². The van der Waals surface area contributed by atoms with Crippen LogP contribution in [0.15, 0.2) is 42.5 Å². The van der Waals surface area contributed by atoms with E-state index in [1.54, 1.807) is 0 Å². The van der Waals surface area contributed by atoms with E-state index in [4.69, 9.17) is 14.0 Å². The number of ether oxygens (including phenoxy) is 1. The van der Waals surface area contributed by atoms with E-state index in [9.17, 15) is 14.3 Å². The predicted molar refractivity (Wildman–Crippen MR) is 99.8 cm³/mol. The van der Waals surface area contributed by atoms with Crippen LogP contribution in [0.4, 0.5) is 4.39 Å². The molecule has 0 spiro atoms. The molecule has 142 valence electrons. The third-order valence-electron chi connectivity index (χ3n) is 5.07. The van der Waals surface area contributed by atoms with Gasteiger partial charge in [0.25, 0.3) is 0 Å². The van der Waals surface area contributed by atoms with Gasteiger partial charge >= 0.3 is 13.1 Å². The molecule has 0 aromatic heterocycles. The van der Waals surface area contributed by atoms with Crippen molar-refractivity contribution in [3.8, 4) is 5.75 Å². The minimum absolute atomic E-state index is 0.0379. The monoisotopic (exact) mass is 372 g/mol. The average molecular weight is 372 g/mol. The van der Waals surface area contributed by atoms with Gasteiger partial charge in [-0.25, -0.2) is 9.18 Å². The molecule has 1 heterocycles. The van der Waals surface area contributed by atoms with Gasteiger partial charge in [0.15, 0.2) is 0 Å². The second-order valence-corrected chi connectivity index (χ2v) is 7.54. The molecule has 27 heavy (non-hydrogen) atoms. The number of carboxylic acids is 1. The van der Waals surface area contributed by atoms with E-state index in [1.807, 2.05) is 58.0 Å². The summed E-state index contributed by atoms with van der Waals surface area (Å²) in [4.78, 5) is 11.7. The van der Waals surface area contributed by atoms with Crippen molar-refractivity contribution in [1.82, 2.24) is 0 Å². The Morgan fingerprint density at radius 3 is 2.26 bits per heavy atom. The summed E-state index contributed by atoms with van der Waals surface area (Å²) in [6.07, 6.45) is 0. The number of carboxylic acid groups (broad SMARTS) is 1. The van der Waals surface area contributed by atoms with Gasteiger partial charge in [0.05, 0.1) is 11.2 Å². The number of aromatic carboxylic acids is 1. The molecule has 0 amide bonds. The summed E-state index contributed by atoms with van der Waals surface area (Å²) in [5, 5.41) is 9.54. The Labute approximate surface area is 158 Å². The molecule has 1 fully saturated rings. The number of rotatable bonds is 5. The summed E-state index contributed by atoms with van der Waals surface area (Å²) in [5.74, 6) is -1.89. The molecule has 1 N–H and O–H groups in total. The Morgan fingerprint density at radius 1 is 1.11 bits per heavy atom. The summed E-state index contributed by atoms with van der Waals surface area (Å²) < 4.78 is 32.0. The van der Waals surface area contributed by atoms with Gasteiger partial charge in [-0.1, -0.05) is 30.3 Å². The van der Waals surface area contributed by atoms with E-state index in [0.717, 1.165) is 11.6 Å². The van der Waals surface area contributed by atoms with E-state index in [-0.39, 0.29) is 23.4 Å². The van der Waals surface area contributed by atoms with Gasteiger partial charge in [-0.05, 0) is 39.3 Å². The minimum Gasteiger partial charge on any atom is -0.488 e. The van der Waals surface area contributed by atoms with Gasteiger partial charge in [0.2, 0.25) is 0 Å². The van der Waals surface area contributed by atoms with Crippen LogP contribution in [-0.4, -0.2) is 29.4 Å². The Bertz CT molecular complexity index is 835. The number of benzene rings is 2. The molecule has 0 aliphatic carbocycles. The van der Waals surface area contributed by atoms with Crippen molar-refractivity contribution in [1.29, 1.82) is 0 Å². The molecule has 1 saturated heterocycles. The van der Waals surface area contributed by atoms with Crippen LogP contribution < -0.4 is 10.2 Å². The summed E-state index contributed by atoms with van der Waals surface area (Å²) in [6.45, 7) is 7.53. The van der Waals surface area contributed by atoms with E-state index < -0.39 is 30.1 Å². The number of carbonyl (C=O) groups is 1. The third-order valence-corrected chi connectivity index (χ3v) is 5.07. The van der Waals surface area contributed by atoms with Gasteiger partial charge in [-0.2, -0.15) is 0 Å². The number of hydrogen-bond acceptors (Lipinski definition) is 4. The molecule has 0 saturated carbocycles. The lowest BCUT2D eigenvalue weighted by Crippen LogP contribution is -2.41. The van der Waals surface area contributed by atoms with Crippen molar-refractivity contribution in [2.75, 3.05) is 0 Å². The Hall–Kier alpha value is -2.38. The maximum atomic E-state index is 14.7. The fraction of sp³-hybridized carbons (Fsp3) is 0.350. The smallest absolute Gasteiger partial charge is 0.488 e. The Morgan fingerprint density at radius 2 is 1.70 bits per heavy atom. The lowest BCUT2D eigenvalue weighted by Gasteiger charge is -2.32. The molecule has 7 heteroatoms. The van der Waals surface area contributed by atoms with Gasteiger partial charge in [0, 0.05) is 11.5 Å². The van der Waals surface area contributed by atoms with Crippen molar-refractivity contribution in [2.45, 2.75) is 45.5 Å². The highest BCUT2D eigenvalue weighted by molar-refractivity contribution is 6.62. The first-order chi connectivity index (χ1) is 12.6. The Balaban J connectivity index is 1.90. The van der Waals surface area contributed by atoms with Crippen LogP contribution in [0, 0.1) is 5.82 Å². The highest BCUT2D eigenvalue weighted by atomic mass is 19.1. The molecule has 0 atom stereocenters. The summed E-state index contributed by atoms with van der Waals surface area (Å²) >= 11 is 0. The van der Waals surface area contributed by atoms with E-state index in [0.29, 0.717) is 0 Å². The van der Waals surface area contributed by atoms with Gasteiger partial charge < -0.3 is 19.2 Å². The third kappa shape index (κ3) is 3.84. The highest BCUT2D eigenvalue weighted by Gasteiger charge is 2.52. The van der Waals surface area contributed by atoms with Crippen LogP contribution in [0.1, 0.15) is 43.6 Å². The van der Waals surface area contributed by atoms with Gasteiger partial charge in [-0.15, -0.1) is 0 Å². The average Bonchev–Trinajstić information content (AvgIpc) is 2.81. The maximum absolute atomic E-state index is 14.7. The number of hydrogen-bond donors (Lipinski definition) is 1. The van der Waals surface area contributed by atoms with Crippen molar-refractivity contribution >= 4 is 18.6 Å². The summed E-state index contributed by atoms with van der Waals surface area (Å²) in [7, 11) is -0.990. The van der Waals surface area contributed by atoms with Crippen molar-refractivity contribution < 1.29 is 28.3 Å². The van der Waals surface area contributed by atoms with Crippen LogP contribution >= 0.6 is 0 Å². The highest BCUT2D eigenvalue weighted by Crippen LogP contribution is 2.37. The standard InChI is InChI=1S/C20H22BFO5/c1-19(2)20(3,4)27-21(26-19)15-10-14(18(23)24)17(11-16(15)22)25-12-13-8-6-5-7-9-13/h5-11H,12H2,1-4H3,(H,23,24). The first-order valence-electron chi connectivity index (χ1n) is 8.70. The molecule has 1 aliphatic heterocycles. The predicted octanol–water partition coefficient (Wildman–Crippen LogP) is 3.40. The molecule has 0 bridgehead atoms. The second-order valence-electron chi connectivity index (χ2n) is 7.54. The molecule has 0 radical (unpaired) electrons. The zero-order valence-corrected chi connectivity index (χ0v) is 15.8. The summed E-state index contributed by atoms with van der Waals surface area (Å²) in [6, 6.07) is 11.5. The van der Waals surface area contributed by atoms with Crippen molar-refractivity contribution in [2.24, 2.45) is 0 Å². The zero-order valence-electron chi connectivity index (χ0n) is 15.8. The zero-order chi connectivity index (χ0) is 19.8. The van der Waals surface area contributed by atoms with Crippen LogP contribution in [0.25, 0.3) is 0 Å². The minimum atomic E-state index is -1.21. The SMILES string of the molecule is CC1(C)OB(c2cc(C(=O)O)c(OCc3ccccc3)cc2F)OC1(C)C. The molecule has 5 nitrogen and oxygen atoms in total. The fourth-order valence-corrected chi connectivity index (χ4v) is 2.74. The van der Waals surface area contributed by atoms with Crippen molar-refractivity contribution in [3.05, 3.63) is 59.4 Å². The molecule has 0 unspecified atom stereocenters. The van der Waals surface area contributed by atoms with Gasteiger partial charge in [-0.3, -0.25) is 0 Å². The van der Waals surface area contributed by atoms with Crippen LogP contribution in [-0.2, 0) is 15.9 Å². The first kappa shape index (κ1) is 19.4. The largest absolute Gasteiger partial charge is 0.497 e. The van der Waals surface area contributed by atoms with Gasteiger partial charge in [0.1, 0.15) is 23.7 Å². The van der Waals surface area contributed by atoms with E-state index in [1.165, 1.54) is 6.07 Å². The molecule has 3 rings (SSSR count). The van der Waals surface area contributed by atoms with E-state index >= 15 is 0 Å². The quantitative estimate of drug-likeness (QED) is 0.815. The topological polar surface area (TPSA) is 65.0 Å². The lowest BCUT2D eigenvalue weighted by atomic mass is 9.77. The number of halogens is 1. The second kappa shape index (κ2) is 6.98.